The maximum absolute atomic E-state index is 12.4. The summed E-state index contributed by atoms with van der Waals surface area (Å²) >= 11 is 5.84. The zero-order valence-corrected chi connectivity index (χ0v) is 12.6. The summed E-state index contributed by atoms with van der Waals surface area (Å²) in [6.07, 6.45) is 1.88. The molecular formula is C15H19ClN2O3. The normalized spacial score (nSPS) is 19.8. The number of benzene rings is 1. The lowest BCUT2D eigenvalue weighted by Crippen LogP contribution is -2.47. The highest BCUT2D eigenvalue weighted by atomic mass is 35.5. The van der Waals surface area contributed by atoms with Crippen molar-refractivity contribution in [2.45, 2.75) is 38.3 Å². The standard InChI is InChI=1S/C15H19ClN2O3/c1-2-3-13(15(20)21)17-12-8-9-18(14(12)19)11-6-4-10(16)5-7-11/h4-7,12-13,17H,2-3,8-9H2,1H3,(H,20,21). The topological polar surface area (TPSA) is 69.6 Å². The summed E-state index contributed by atoms with van der Waals surface area (Å²) in [5.74, 6) is -0.991. The van der Waals surface area contributed by atoms with Crippen molar-refractivity contribution in [2.75, 3.05) is 11.4 Å². The van der Waals surface area contributed by atoms with Crippen molar-refractivity contribution in [1.82, 2.24) is 5.32 Å². The molecule has 1 saturated heterocycles. The van der Waals surface area contributed by atoms with Gasteiger partial charge in [-0.25, -0.2) is 0 Å². The van der Waals surface area contributed by atoms with E-state index in [1.54, 1.807) is 29.2 Å². The second-order valence-corrected chi connectivity index (χ2v) is 5.59. The van der Waals surface area contributed by atoms with Crippen LogP contribution in [0.3, 0.4) is 0 Å². The fraction of sp³-hybridized carbons (Fsp3) is 0.467. The van der Waals surface area contributed by atoms with Crippen LogP contribution in [0.2, 0.25) is 5.02 Å². The first-order valence-electron chi connectivity index (χ1n) is 7.08. The fourth-order valence-corrected chi connectivity index (χ4v) is 2.65. The Hall–Kier alpha value is -1.59. The Balaban J connectivity index is 2.04. The molecule has 0 saturated carbocycles. The van der Waals surface area contributed by atoms with Crippen LogP contribution in [0.15, 0.2) is 24.3 Å². The maximum Gasteiger partial charge on any atom is 0.320 e. The molecular weight excluding hydrogens is 292 g/mol. The van der Waals surface area contributed by atoms with E-state index in [0.29, 0.717) is 24.4 Å². The first kappa shape index (κ1) is 15.8. The Kier molecular flexibility index (Phi) is 5.20. The van der Waals surface area contributed by atoms with Crippen LogP contribution < -0.4 is 10.2 Å². The minimum atomic E-state index is -0.908. The van der Waals surface area contributed by atoms with Gasteiger partial charge in [-0.15, -0.1) is 0 Å². The van der Waals surface area contributed by atoms with E-state index in [9.17, 15) is 9.59 Å². The molecule has 6 heteroatoms. The molecule has 0 radical (unpaired) electrons. The Labute approximate surface area is 128 Å². The zero-order chi connectivity index (χ0) is 15.4. The molecule has 114 valence electrons. The van der Waals surface area contributed by atoms with Crippen molar-refractivity contribution in [1.29, 1.82) is 0 Å². The quantitative estimate of drug-likeness (QED) is 0.846. The molecule has 0 spiro atoms. The lowest BCUT2D eigenvalue weighted by molar-refractivity contribution is -0.140. The number of anilines is 1. The predicted molar refractivity (Wildman–Crippen MR) is 81.7 cm³/mol. The van der Waals surface area contributed by atoms with Crippen molar-refractivity contribution >= 4 is 29.2 Å². The summed E-state index contributed by atoms with van der Waals surface area (Å²) in [6, 6.07) is 5.96. The Bertz CT molecular complexity index is 518. The lowest BCUT2D eigenvalue weighted by atomic mass is 10.1. The third-order valence-corrected chi connectivity index (χ3v) is 3.87. The summed E-state index contributed by atoms with van der Waals surface area (Å²) < 4.78 is 0. The molecule has 1 aliphatic rings. The van der Waals surface area contributed by atoms with Gasteiger partial charge in [0.25, 0.3) is 0 Å². The summed E-state index contributed by atoms with van der Waals surface area (Å²) in [5, 5.41) is 12.7. The average molecular weight is 311 g/mol. The Morgan fingerprint density at radius 1 is 1.48 bits per heavy atom. The number of carbonyl (C=O) groups excluding carboxylic acids is 1. The third kappa shape index (κ3) is 3.74. The fourth-order valence-electron chi connectivity index (χ4n) is 2.52. The highest BCUT2D eigenvalue weighted by Gasteiger charge is 2.34. The van der Waals surface area contributed by atoms with Crippen LogP contribution in [0.25, 0.3) is 0 Å². The minimum absolute atomic E-state index is 0.0836. The largest absolute Gasteiger partial charge is 0.480 e. The average Bonchev–Trinajstić information content (AvgIpc) is 2.81. The number of carboxylic acid groups (broad SMARTS) is 1. The summed E-state index contributed by atoms with van der Waals surface area (Å²) in [6.45, 7) is 2.50. The summed E-state index contributed by atoms with van der Waals surface area (Å²) in [4.78, 5) is 25.2. The minimum Gasteiger partial charge on any atom is -0.480 e. The SMILES string of the molecule is CCCC(NC1CCN(c2ccc(Cl)cc2)C1=O)C(=O)O. The highest BCUT2D eigenvalue weighted by Crippen LogP contribution is 2.23. The van der Waals surface area contributed by atoms with Crippen molar-refractivity contribution in [3.8, 4) is 0 Å². The number of halogens is 1. The van der Waals surface area contributed by atoms with E-state index in [0.717, 1.165) is 12.1 Å². The van der Waals surface area contributed by atoms with Crippen molar-refractivity contribution < 1.29 is 14.7 Å². The molecule has 1 aromatic carbocycles. The van der Waals surface area contributed by atoms with Crippen LogP contribution in [-0.4, -0.2) is 35.6 Å². The van der Waals surface area contributed by atoms with Gasteiger partial charge in [-0.2, -0.15) is 0 Å². The molecule has 0 aromatic heterocycles. The zero-order valence-electron chi connectivity index (χ0n) is 11.9. The van der Waals surface area contributed by atoms with Crippen LogP contribution in [0.4, 0.5) is 5.69 Å². The van der Waals surface area contributed by atoms with Gasteiger partial charge in [0.15, 0.2) is 0 Å². The molecule has 2 unspecified atom stereocenters. The van der Waals surface area contributed by atoms with Gasteiger partial charge in [0, 0.05) is 17.3 Å². The number of nitrogens with one attached hydrogen (secondary N) is 1. The second-order valence-electron chi connectivity index (χ2n) is 5.15. The molecule has 0 aliphatic carbocycles. The van der Waals surface area contributed by atoms with Crippen LogP contribution in [0.1, 0.15) is 26.2 Å². The maximum atomic E-state index is 12.4. The van der Waals surface area contributed by atoms with E-state index in [1.807, 2.05) is 6.92 Å². The number of hydrogen-bond acceptors (Lipinski definition) is 3. The van der Waals surface area contributed by atoms with Crippen LogP contribution in [0, 0.1) is 0 Å². The van der Waals surface area contributed by atoms with E-state index in [4.69, 9.17) is 16.7 Å². The molecule has 1 amide bonds. The second kappa shape index (κ2) is 6.91. The van der Waals surface area contributed by atoms with Gasteiger partial charge in [-0.1, -0.05) is 24.9 Å². The molecule has 2 rings (SSSR count). The van der Waals surface area contributed by atoms with Gasteiger partial charge in [-0.05, 0) is 37.1 Å². The highest BCUT2D eigenvalue weighted by molar-refractivity contribution is 6.30. The Morgan fingerprint density at radius 3 is 2.71 bits per heavy atom. The van der Waals surface area contributed by atoms with Gasteiger partial charge < -0.3 is 10.0 Å². The van der Waals surface area contributed by atoms with Crippen molar-refractivity contribution in [3.05, 3.63) is 29.3 Å². The summed E-state index contributed by atoms with van der Waals surface area (Å²) in [5.41, 5.74) is 0.788. The molecule has 1 heterocycles. The van der Waals surface area contributed by atoms with Gasteiger partial charge in [0.1, 0.15) is 6.04 Å². The number of carbonyl (C=O) groups is 2. The number of hydrogen-bond donors (Lipinski definition) is 2. The van der Waals surface area contributed by atoms with Crippen LogP contribution in [-0.2, 0) is 9.59 Å². The van der Waals surface area contributed by atoms with Crippen molar-refractivity contribution in [2.24, 2.45) is 0 Å². The summed E-state index contributed by atoms with van der Waals surface area (Å²) in [7, 11) is 0. The number of rotatable bonds is 6. The van der Waals surface area contributed by atoms with E-state index < -0.39 is 18.1 Å². The number of amides is 1. The number of aliphatic carboxylic acids is 1. The lowest BCUT2D eigenvalue weighted by Gasteiger charge is -2.20. The van der Waals surface area contributed by atoms with E-state index >= 15 is 0 Å². The molecule has 21 heavy (non-hydrogen) atoms. The Morgan fingerprint density at radius 2 is 2.14 bits per heavy atom. The monoisotopic (exact) mass is 310 g/mol. The molecule has 1 aromatic rings. The first-order valence-corrected chi connectivity index (χ1v) is 7.46. The molecule has 1 fully saturated rings. The van der Waals surface area contributed by atoms with Gasteiger partial charge in [-0.3, -0.25) is 14.9 Å². The molecule has 2 N–H and O–H groups in total. The molecule has 2 atom stereocenters. The van der Waals surface area contributed by atoms with E-state index in [2.05, 4.69) is 5.32 Å². The molecule has 5 nitrogen and oxygen atoms in total. The number of nitrogens with zero attached hydrogens (tertiary/aromatic N) is 1. The molecule has 0 bridgehead atoms. The molecule has 1 aliphatic heterocycles. The first-order chi connectivity index (χ1) is 10.0. The van der Waals surface area contributed by atoms with Crippen LogP contribution in [0.5, 0.6) is 0 Å². The van der Waals surface area contributed by atoms with Gasteiger partial charge in [0.2, 0.25) is 5.91 Å². The van der Waals surface area contributed by atoms with E-state index in [1.165, 1.54) is 0 Å². The van der Waals surface area contributed by atoms with E-state index in [-0.39, 0.29) is 5.91 Å². The van der Waals surface area contributed by atoms with Gasteiger partial charge in [0.05, 0.1) is 6.04 Å². The van der Waals surface area contributed by atoms with Crippen LogP contribution >= 0.6 is 11.6 Å². The number of carboxylic acids is 1. The smallest absolute Gasteiger partial charge is 0.320 e. The van der Waals surface area contributed by atoms with Crippen molar-refractivity contribution in [3.63, 3.8) is 0 Å². The third-order valence-electron chi connectivity index (χ3n) is 3.62. The van der Waals surface area contributed by atoms with Gasteiger partial charge >= 0.3 is 5.97 Å². The predicted octanol–water partition coefficient (Wildman–Crippen LogP) is 2.29.